The number of halogens is 9. The summed E-state index contributed by atoms with van der Waals surface area (Å²) in [6.07, 6.45) is -14.4. The highest BCUT2D eigenvalue weighted by molar-refractivity contribution is 5.78. The average Bonchev–Trinajstić information content (AvgIpc) is 2.89. The van der Waals surface area contributed by atoms with Crippen molar-refractivity contribution in [1.82, 2.24) is 15.2 Å². The van der Waals surface area contributed by atoms with E-state index < -0.39 is 47.3 Å². The topological polar surface area (TPSA) is 66.1 Å². The fourth-order valence-corrected chi connectivity index (χ4v) is 5.02. The minimum atomic E-state index is -5.08. The molecule has 0 spiro atoms. The van der Waals surface area contributed by atoms with Gasteiger partial charge in [-0.3, -0.25) is 4.90 Å². The van der Waals surface area contributed by atoms with Crippen LogP contribution in [0.3, 0.4) is 0 Å². The molecule has 15 heteroatoms. The van der Waals surface area contributed by atoms with E-state index >= 15 is 0 Å². The highest BCUT2D eigenvalue weighted by atomic mass is 19.4. The molecule has 0 aromatic heterocycles. The molecule has 1 saturated heterocycles. The van der Waals surface area contributed by atoms with Crippen LogP contribution in [-0.2, 0) is 36.4 Å². The number of hydrazone groups is 1. The third kappa shape index (κ3) is 8.21. The lowest BCUT2D eigenvalue weighted by Gasteiger charge is -2.40. The fourth-order valence-electron chi connectivity index (χ4n) is 5.02. The van der Waals surface area contributed by atoms with Crippen molar-refractivity contribution >= 4 is 5.96 Å². The number of guanidine groups is 1. The van der Waals surface area contributed by atoms with Crippen molar-refractivity contribution in [3.8, 4) is 0 Å². The molecular weight excluding hydrogens is 581 g/mol. The molecule has 1 aliphatic heterocycles. The molecule has 2 atom stereocenters. The predicted molar refractivity (Wildman–Crippen MR) is 138 cm³/mol. The summed E-state index contributed by atoms with van der Waals surface area (Å²) in [5.41, 5.74) is 4.67. The maximum atomic E-state index is 13.8. The van der Waals surface area contributed by atoms with Crippen LogP contribution in [0.2, 0.25) is 0 Å². The second kappa shape index (κ2) is 13.0. The number of ether oxygens (including phenoxy) is 1. The van der Waals surface area contributed by atoms with Crippen molar-refractivity contribution in [2.24, 2.45) is 10.8 Å². The van der Waals surface area contributed by atoms with E-state index in [9.17, 15) is 39.5 Å². The Labute approximate surface area is 237 Å². The number of alkyl halides is 9. The van der Waals surface area contributed by atoms with Crippen molar-refractivity contribution in [2.45, 2.75) is 64.0 Å². The van der Waals surface area contributed by atoms with Crippen LogP contribution in [0.5, 0.6) is 0 Å². The Morgan fingerprint density at radius 3 is 2.07 bits per heavy atom. The van der Waals surface area contributed by atoms with Crippen LogP contribution in [0.15, 0.2) is 41.5 Å². The first-order chi connectivity index (χ1) is 19.5. The van der Waals surface area contributed by atoms with Gasteiger partial charge in [0.2, 0.25) is 5.96 Å². The fraction of sp³-hybridized carbons (Fsp3) is 0.519. The summed E-state index contributed by atoms with van der Waals surface area (Å²) < 4.78 is 128. The highest BCUT2D eigenvalue weighted by Crippen LogP contribution is 2.38. The maximum Gasteiger partial charge on any atom is 0.416 e. The van der Waals surface area contributed by atoms with E-state index in [0.717, 1.165) is 17.0 Å². The monoisotopic (exact) mass is 613 g/mol. The van der Waals surface area contributed by atoms with Crippen LogP contribution in [0.4, 0.5) is 39.5 Å². The van der Waals surface area contributed by atoms with Crippen LogP contribution in [-0.4, -0.2) is 48.6 Å². The van der Waals surface area contributed by atoms with Gasteiger partial charge in [0.1, 0.15) is 0 Å². The summed E-state index contributed by atoms with van der Waals surface area (Å²) >= 11 is 0. The van der Waals surface area contributed by atoms with Crippen molar-refractivity contribution in [3.63, 3.8) is 0 Å². The number of benzene rings is 2. The summed E-state index contributed by atoms with van der Waals surface area (Å²) in [5.74, 6) is -0.348. The minimum absolute atomic E-state index is 0.000854. The summed E-state index contributed by atoms with van der Waals surface area (Å²) in [4.78, 5) is 3.22. The lowest BCUT2D eigenvalue weighted by atomic mass is 9.93. The van der Waals surface area contributed by atoms with Crippen LogP contribution in [0.25, 0.3) is 0 Å². The van der Waals surface area contributed by atoms with Crippen LogP contribution < -0.4 is 11.2 Å². The van der Waals surface area contributed by atoms with E-state index in [-0.39, 0.29) is 36.2 Å². The average molecular weight is 614 g/mol. The zero-order chi connectivity index (χ0) is 31.5. The molecule has 234 valence electrons. The molecule has 3 rings (SSSR count). The number of hydrogen-bond donors (Lipinski definition) is 2. The molecule has 0 aliphatic carbocycles. The van der Waals surface area contributed by atoms with Gasteiger partial charge in [-0.2, -0.15) is 39.5 Å². The van der Waals surface area contributed by atoms with Gasteiger partial charge in [0, 0.05) is 38.8 Å². The number of hydrogen-bond acceptors (Lipinski definition) is 4. The molecule has 1 aliphatic rings. The molecule has 0 radical (unpaired) electrons. The summed E-state index contributed by atoms with van der Waals surface area (Å²) in [6.45, 7) is 4.13. The Kier molecular flexibility index (Phi) is 10.3. The number of nitrogens with zero attached hydrogens (tertiary/aromatic N) is 3. The van der Waals surface area contributed by atoms with Gasteiger partial charge in [-0.25, -0.2) is 0 Å². The van der Waals surface area contributed by atoms with Crippen LogP contribution >= 0.6 is 0 Å². The van der Waals surface area contributed by atoms with Gasteiger partial charge in [-0.05, 0) is 60.4 Å². The molecule has 6 nitrogen and oxygen atoms in total. The first-order valence-corrected chi connectivity index (χ1v) is 13.0. The third-order valence-electron chi connectivity index (χ3n) is 6.97. The molecule has 3 N–H and O–H groups in total. The third-order valence-corrected chi connectivity index (χ3v) is 6.97. The smallest absolute Gasteiger partial charge is 0.379 e. The van der Waals surface area contributed by atoms with Crippen molar-refractivity contribution in [2.75, 3.05) is 26.8 Å². The normalized spacial score (nSPS) is 18.2. The minimum Gasteiger partial charge on any atom is -0.379 e. The lowest BCUT2D eigenvalue weighted by Crippen LogP contribution is -2.46. The van der Waals surface area contributed by atoms with Gasteiger partial charge >= 0.3 is 18.5 Å². The molecule has 2 unspecified atom stereocenters. The van der Waals surface area contributed by atoms with E-state index in [0.29, 0.717) is 43.9 Å². The number of nitrogens with two attached hydrogens (primary N) is 1. The predicted octanol–water partition coefficient (Wildman–Crippen LogP) is 6.37. The highest BCUT2D eigenvalue weighted by Gasteiger charge is 2.38. The number of morpholine rings is 1. The van der Waals surface area contributed by atoms with Gasteiger partial charge in [-0.15, -0.1) is 5.10 Å². The Hall–Kier alpha value is -3.20. The SMILES string of the molecule is CCC(c1ccc(C(F)(F)F)cc1CN(Cc1cc(C(F)(F)F)cc(C(F)(F)F)c1)/C(N)=N/NC)N1CCOCC1C. The van der Waals surface area contributed by atoms with Crippen molar-refractivity contribution < 1.29 is 44.3 Å². The molecule has 42 heavy (non-hydrogen) atoms. The standard InChI is InChI=1S/C27H32F9N5O/c1-4-23(41-7-8-42-15-16(41)2)22-6-5-19(25(28,29)30)11-18(22)14-40(24(37)39-38-3)13-17-9-20(26(31,32)33)12-21(10-17)27(34,35)36/h5-6,9-12,16,23,38H,4,7-8,13-15H2,1-3H3,(H2,37,39). The van der Waals surface area contributed by atoms with E-state index in [1.54, 1.807) is 0 Å². The molecule has 0 amide bonds. The molecular formula is C27H32F9N5O. The quantitative estimate of drug-likeness (QED) is 0.157. The van der Waals surface area contributed by atoms with Gasteiger partial charge in [0.25, 0.3) is 0 Å². The van der Waals surface area contributed by atoms with E-state index in [4.69, 9.17) is 10.5 Å². The molecule has 1 heterocycles. The van der Waals surface area contributed by atoms with Gasteiger partial charge in [-0.1, -0.05) is 13.0 Å². The summed E-state index contributed by atoms with van der Waals surface area (Å²) in [5, 5.41) is 3.80. The van der Waals surface area contributed by atoms with Crippen molar-refractivity contribution in [1.29, 1.82) is 0 Å². The summed E-state index contributed by atoms with van der Waals surface area (Å²) in [7, 11) is 1.36. The first kappa shape index (κ1) is 33.3. The number of nitrogens with one attached hydrogen (secondary N) is 1. The Bertz CT molecular complexity index is 1210. The summed E-state index contributed by atoms with van der Waals surface area (Å²) in [6, 6.07) is 3.91. The molecule has 1 fully saturated rings. The zero-order valence-corrected chi connectivity index (χ0v) is 23.1. The maximum absolute atomic E-state index is 13.8. The zero-order valence-electron chi connectivity index (χ0n) is 23.1. The van der Waals surface area contributed by atoms with Crippen LogP contribution in [0.1, 0.15) is 59.7 Å². The first-order valence-electron chi connectivity index (χ1n) is 13.0. The van der Waals surface area contributed by atoms with E-state index in [1.807, 2.05) is 13.8 Å². The van der Waals surface area contributed by atoms with E-state index in [2.05, 4.69) is 15.4 Å². The van der Waals surface area contributed by atoms with Crippen molar-refractivity contribution in [3.05, 3.63) is 69.8 Å². The number of rotatable bonds is 8. The Morgan fingerprint density at radius 1 is 0.976 bits per heavy atom. The largest absolute Gasteiger partial charge is 0.416 e. The molecule has 0 bridgehead atoms. The second-order valence-electron chi connectivity index (χ2n) is 9.96. The molecule has 0 saturated carbocycles. The van der Waals surface area contributed by atoms with Crippen LogP contribution in [0, 0.1) is 0 Å². The molecule has 2 aromatic carbocycles. The molecule has 2 aromatic rings. The lowest BCUT2D eigenvalue weighted by molar-refractivity contribution is -0.143. The van der Waals surface area contributed by atoms with Gasteiger partial charge in [0.05, 0.1) is 29.9 Å². The second-order valence-corrected chi connectivity index (χ2v) is 9.96. The van der Waals surface area contributed by atoms with Gasteiger partial charge < -0.3 is 20.8 Å². The Balaban J connectivity index is 2.13. The van der Waals surface area contributed by atoms with Gasteiger partial charge in [0.15, 0.2) is 0 Å². The Morgan fingerprint density at radius 2 is 1.57 bits per heavy atom. The van der Waals surface area contributed by atoms with E-state index in [1.165, 1.54) is 13.1 Å².